The average Bonchev–Trinajstić information content (AvgIpc) is 3.45. The second-order valence-corrected chi connectivity index (χ2v) is 7.27. The highest BCUT2D eigenvalue weighted by Gasteiger charge is 2.21. The zero-order valence-electron chi connectivity index (χ0n) is 16.3. The lowest BCUT2D eigenvalue weighted by Gasteiger charge is -2.25. The molecule has 0 spiro atoms. The monoisotopic (exact) mass is 391 g/mol. The van der Waals surface area contributed by atoms with Gasteiger partial charge >= 0.3 is 0 Å². The van der Waals surface area contributed by atoms with Crippen molar-refractivity contribution in [1.82, 2.24) is 25.3 Å². The summed E-state index contributed by atoms with van der Waals surface area (Å²) in [6, 6.07) is 15.7. The molecule has 4 rings (SSSR count). The predicted octanol–water partition coefficient (Wildman–Crippen LogP) is 3.02. The maximum atomic E-state index is 12.6. The van der Waals surface area contributed by atoms with Crippen LogP contribution in [0.3, 0.4) is 0 Å². The van der Waals surface area contributed by atoms with E-state index in [2.05, 4.69) is 37.5 Å². The van der Waals surface area contributed by atoms with Crippen molar-refractivity contribution in [3.8, 4) is 11.5 Å². The standard InChI is InChI=1S/C22H25N5O2/c28-20(11-12-21-25-22(26-29-21)18-10-4-5-13-23-18)24-19(16-27-14-6-7-15-27)17-8-2-1-3-9-17/h1-5,8-10,13,19H,6-7,11-12,14-16H2,(H,24,28). The van der Waals surface area contributed by atoms with Crippen LogP contribution < -0.4 is 5.32 Å². The van der Waals surface area contributed by atoms with Crippen molar-refractivity contribution in [1.29, 1.82) is 0 Å². The van der Waals surface area contributed by atoms with Crippen LogP contribution in [-0.2, 0) is 11.2 Å². The molecule has 1 unspecified atom stereocenters. The summed E-state index contributed by atoms with van der Waals surface area (Å²) in [6.45, 7) is 3.02. The van der Waals surface area contributed by atoms with Gasteiger partial charge in [0.05, 0.1) is 6.04 Å². The fourth-order valence-electron chi connectivity index (χ4n) is 3.59. The quantitative estimate of drug-likeness (QED) is 0.635. The number of benzene rings is 1. The predicted molar refractivity (Wildman–Crippen MR) is 109 cm³/mol. The van der Waals surface area contributed by atoms with Crippen LogP contribution in [0.5, 0.6) is 0 Å². The van der Waals surface area contributed by atoms with E-state index in [-0.39, 0.29) is 11.9 Å². The topological polar surface area (TPSA) is 84.1 Å². The lowest BCUT2D eigenvalue weighted by atomic mass is 10.1. The lowest BCUT2D eigenvalue weighted by Crippen LogP contribution is -2.37. The van der Waals surface area contributed by atoms with Gasteiger partial charge in [0, 0.05) is 25.6 Å². The van der Waals surface area contributed by atoms with E-state index >= 15 is 0 Å². The maximum absolute atomic E-state index is 12.6. The second-order valence-electron chi connectivity index (χ2n) is 7.27. The summed E-state index contributed by atoms with van der Waals surface area (Å²) in [5.74, 6) is 0.865. The number of carbonyl (C=O) groups is 1. The van der Waals surface area contributed by atoms with E-state index in [4.69, 9.17) is 4.52 Å². The molecule has 1 amide bonds. The van der Waals surface area contributed by atoms with Crippen LogP contribution >= 0.6 is 0 Å². The molecular formula is C22H25N5O2. The highest BCUT2D eigenvalue weighted by atomic mass is 16.5. The van der Waals surface area contributed by atoms with E-state index in [1.807, 2.05) is 36.4 Å². The van der Waals surface area contributed by atoms with Crippen molar-refractivity contribution >= 4 is 5.91 Å². The molecule has 7 heteroatoms. The van der Waals surface area contributed by atoms with Gasteiger partial charge in [-0.05, 0) is 43.6 Å². The van der Waals surface area contributed by atoms with Crippen molar-refractivity contribution in [3.05, 3.63) is 66.2 Å². The minimum Gasteiger partial charge on any atom is -0.348 e. The number of nitrogens with one attached hydrogen (secondary N) is 1. The molecule has 1 aliphatic rings. The van der Waals surface area contributed by atoms with Gasteiger partial charge < -0.3 is 14.7 Å². The largest absolute Gasteiger partial charge is 0.348 e. The number of nitrogens with zero attached hydrogens (tertiary/aromatic N) is 4. The first kappa shape index (κ1) is 19.3. The van der Waals surface area contributed by atoms with E-state index in [0.29, 0.717) is 30.3 Å². The van der Waals surface area contributed by atoms with Crippen LogP contribution in [-0.4, -0.2) is 45.6 Å². The third kappa shape index (κ3) is 5.26. The zero-order chi connectivity index (χ0) is 19.9. The number of aryl methyl sites for hydroxylation is 1. The summed E-state index contributed by atoms with van der Waals surface area (Å²) < 4.78 is 5.28. The number of pyridine rings is 1. The SMILES string of the molecule is O=C(CCc1nc(-c2ccccn2)no1)NC(CN1CCCC1)c1ccccc1. The first-order valence-electron chi connectivity index (χ1n) is 10.1. The van der Waals surface area contributed by atoms with Crippen molar-refractivity contribution in [2.24, 2.45) is 0 Å². The molecule has 3 aromatic rings. The Morgan fingerprint density at radius 3 is 2.66 bits per heavy atom. The van der Waals surface area contributed by atoms with Crippen LogP contribution in [0.25, 0.3) is 11.5 Å². The number of aromatic nitrogens is 3. The molecule has 1 aromatic carbocycles. The first-order valence-corrected chi connectivity index (χ1v) is 10.1. The van der Waals surface area contributed by atoms with Crippen molar-refractivity contribution in [2.75, 3.05) is 19.6 Å². The van der Waals surface area contributed by atoms with Crippen LogP contribution in [0, 0.1) is 0 Å². The van der Waals surface area contributed by atoms with Gasteiger partial charge in [-0.15, -0.1) is 0 Å². The van der Waals surface area contributed by atoms with Crippen molar-refractivity contribution < 1.29 is 9.32 Å². The van der Waals surface area contributed by atoms with E-state index in [9.17, 15) is 4.79 Å². The van der Waals surface area contributed by atoms with E-state index < -0.39 is 0 Å². The summed E-state index contributed by atoms with van der Waals surface area (Å²) in [4.78, 5) is 23.6. The molecule has 3 heterocycles. The van der Waals surface area contributed by atoms with Gasteiger partial charge in [0.2, 0.25) is 17.6 Å². The van der Waals surface area contributed by atoms with Crippen LogP contribution in [0.4, 0.5) is 0 Å². The molecule has 1 aliphatic heterocycles. The summed E-state index contributed by atoms with van der Waals surface area (Å²) in [5.41, 5.74) is 1.78. The van der Waals surface area contributed by atoms with Crippen molar-refractivity contribution in [3.63, 3.8) is 0 Å². The number of carbonyl (C=O) groups excluding carboxylic acids is 1. The minimum absolute atomic E-state index is 0.0179. The number of amides is 1. The summed E-state index contributed by atoms with van der Waals surface area (Å²) in [7, 11) is 0. The van der Waals surface area contributed by atoms with E-state index in [1.54, 1.807) is 6.20 Å². The summed E-state index contributed by atoms with van der Waals surface area (Å²) in [5, 5.41) is 7.14. The Bertz CT molecular complexity index is 907. The molecule has 1 saturated heterocycles. The van der Waals surface area contributed by atoms with Crippen molar-refractivity contribution in [2.45, 2.75) is 31.7 Å². The Labute approximate surface area is 170 Å². The third-order valence-electron chi connectivity index (χ3n) is 5.10. The Kier molecular flexibility index (Phi) is 6.26. The molecule has 0 radical (unpaired) electrons. The molecule has 7 nitrogen and oxygen atoms in total. The minimum atomic E-state index is -0.0198. The van der Waals surface area contributed by atoms with Gasteiger partial charge in [-0.2, -0.15) is 4.98 Å². The smallest absolute Gasteiger partial charge is 0.227 e. The highest BCUT2D eigenvalue weighted by Crippen LogP contribution is 2.18. The number of likely N-dealkylation sites (tertiary alicyclic amines) is 1. The molecule has 2 aromatic heterocycles. The molecular weight excluding hydrogens is 366 g/mol. The van der Waals surface area contributed by atoms with Crippen LogP contribution in [0.15, 0.2) is 59.3 Å². The molecule has 0 bridgehead atoms. The molecule has 1 fully saturated rings. The fourth-order valence-corrected chi connectivity index (χ4v) is 3.59. The normalized spacial score (nSPS) is 15.3. The maximum Gasteiger partial charge on any atom is 0.227 e. The lowest BCUT2D eigenvalue weighted by molar-refractivity contribution is -0.122. The van der Waals surface area contributed by atoms with Gasteiger partial charge in [0.1, 0.15) is 5.69 Å². The molecule has 1 atom stereocenters. The Morgan fingerprint density at radius 1 is 1.10 bits per heavy atom. The van der Waals surface area contributed by atoms with E-state index in [0.717, 1.165) is 25.2 Å². The highest BCUT2D eigenvalue weighted by molar-refractivity contribution is 5.76. The van der Waals surface area contributed by atoms with Crippen LogP contribution in [0.2, 0.25) is 0 Å². The summed E-state index contributed by atoms with van der Waals surface area (Å²) in [6.07, 6.45) is 4.84. The van der Waals surface area contributed by atoms with Crippen LogP contribution in [0.1, 0.15) is 36.8 Å². The van der Waals surface area contributed by atoms with Gasteiger partial charge in [0.15, 0.2) is 0 Å². The molecule has 29 heavy (non-hydrogen) atoms. The number of hydrogen-bond donors (Lipinski definition) is 1. The average molecular weight is 391 g/mol. The first-order chi connectivity index (χ1) is 14.3. The third-order valence-corrected chi connectivity index (χ3v) is 5.10. The Morgan fingerprint density at radius 2 is 1.90 bits per heavy atom. The van der Waals surface area contributed by atoms with Gasteiger partial charge in [-0.25, -0.2) is 0 Å². The Balaban J connectivity index is 1.35. The second kappa shape index (κ2) is 9.43. The Hall–Kier alpha value is -3.06. The molecule has 0 aliphatic carbocycles. The molecule has 150 valence electrons. The fraction of sp³-hybridized carbons (Fsp3) is 0.364. The molecule has 0 saturated carbocycles. The number of rotatable bonds is 8. The summed E-state index contributed by atoms with van der Waals surface area (Å²) >= 11 is 0. The number of hydrogen-bond acceptors (Lipinski definition) is 6. The zero-order valence-corrected chi connectivity index (χ0v) is 16.3. The van der Waals surface area contributed by atoms with Gasteiger partial charge in [0.25, 0.3) is 0 Å². The van der Waals surface area contributed by atoms with Gasteiger partial charge in [-0.3, -0.25) is 9.78 Å². The molecule has 1 N–H and O–H groups in total. The van der Waals surface area contributed by atoms with E-state index in [1.165, 1.54) is 12.8 Å². The van der Waals surface area contributed by atoms with Gasteiger partial charge in [-0.1, -0.05) is 41.6 Å².